The molecule has 0 aliphatic carbocycles. The topological polar surface area (TPSA) is 57.8 Å². The number of rotatable bonds is 4. The molecule has 0 spiro atoms. The maximum absolute atomic E-state index is 13.7. The Morgan fingerprint density at radius 2 is 2.26 bits per heavy atom. The molecule has 0 fully saturated rings. The number of hydrogen-bond acceptors (Lipinski definition) is 2. The maximum Gasteiger partial charge on any atom is 0.269 e. The normalized spacial score (nSPS) is 12.2. The number of carbonyl (C=O) groups is 1. The number of amides is 1. The summed E-state index contributed by atoms with van der Waals surface area (Å²) in [6.07, 6.45) is 3.18. The van der Waals surface area contributed by atoms with Crippen LogP contribution in [0, 0.1) is 11.6 Å². The van der Waals surface area contributed by atoms with Gasteiger partial charge < -0.3 is 10.3 Å². The maximum atomic E-state index is 13.7. The number of nitrogens with zero attached hydrogens (tertiary/aromatic N) is 1. The highest BCUT2D eigenvalue weighted by Crippen LogP contribution is 2.21. The summed E-state index contributed by atoms with van der Waals surface area (Å²) in [4.78, 5) is 18.2. The lowest BCUT2D eigenvalue weighted by atomic mass is 10.0. The van der Waals surface area contributed by atoms with Crippen LogP contribution in [0.3, 0.4) is 0 Å². The van der Waals surface area contributed by atoms with E-state index in [2.05, 4.69) is 15.3 Å². The standard InChI is InChI=1S/C13H13F2N3O/c1-2-11(9-5-8(14)3-4-10(9)15)18-13(19)12-6-16-7-17-12/h3-7,11H,2H2,1H3,(H,16,17)(H,18,19)/t11-/m0/s1. The van der Waals surface area contributed by atoms with Crippen LogP contribution in [-0.4, -0.2) is 15.9 Å². The molecule has 100 valence electrons. The monoisotopic (exact) mass is 265 g/mol. The Balaban J connectivity index is 2.20. The van der Waals surface area contributed by atoms with Crippen LogP contribution in [0.4, 0.5) is 8.78 Å². The number of aromatic amines is 1. The highest BCUT2D eigenvalue weighted by Gasteiger charge is 2.18. The number of carbonyl (C=O) groups excluding carboxylic acids is 1. The Bertz CT molecular complexity index is 569. The number of aromatic nitrogens is 2. The Hall–Kier alpha value is -2.24. The van der Waals surface area contributed by atoms with E-state index in [1.54, 1.807) is 6.92 Å². The molecule has 2 N–H and O–H groups in total. The van der Waals surface area contributed by atoms with Crippen molar-refractivity contribution in [1.29, 1.82) is 0 Å². The second kappa shape index (κ2) is 5.60. The lowest BCUT2D eigenvalue weighted by Gasteiger charge is -2.17. The Labute approximate surface area is 108 Å². The first-order valence-corrected chi connectivity index (χ1v) is 5.86. The highest BCUT2D eigenvalue weighted by molar-refractivity contribution is 5.92. The molecular formula is C13H13F2N3O. The van der Waals surface area contributed by atoms with Gasteiger partial charge in [-0.25, -0.2) is 13.8 Å². The minimum absolute atomic E-state index is 0.135. The first-order valence-electron chi connectivity index (χ1n) is 5.86. The number of imidazole rings is 1. The molecule has 1 atom stereocenters. The van der Waals surface area contributed by atoms with Gasteiger partial charge in [-0.05, 0) is 24.6 Å². The van der Waals surface area contributed by atoms with Crippen LogP contribution < -0.4 is 5.32 Å². The number of halogens is 2. The second-order valence-electron chi connectivity index (χ2n) is 4.07. The average molecular weight is 265 g/mol. The molecule has 1 aromatic carbocycles. The van der Waals surface area contributed by atoms with Crippen molar-refractivity contribution in [1.82, 2.24) is 15.3 Å². The third-order valence-electron chi connectivity index (χ3n) is 2.79. The molecule has 4 nitrogen and oxygen atoms in total. The van der Waals surface area contributed by atoms with E-state index in [9.17, 15) is 13.6 Å². The van der Waals surface area contributed by atoms with Crippen LogP contribution in [0.5, 0.6) is 0 Å². The molecule has 6 heteroatoms. The number of nitrogens with one attached hydrogen (secondary N) is 2. The van der Waals surface area contributed by atoms with Crippen molar-refractivity contribution in [3.63, 3.8) is 0 Å². The van der Waals surface area contributed by atoms with E-state index in [0.29, 0.717) is 6.42 Å². The Kier molecular flexibility index (Phi) is 3.89. The summed E-state index contributed by atoms with van der Waals surface area (Å²) in [7, 11) is 0. The van der Waals surface area contributed by atoms with Crippen LogP contribution in [-0.2, 0) is 0 Å². The van der Waals surface area contributed by atoms with Gasteiger partial charge in [-0.3, -0.25) is 4.79 Å². The van der Waals surface area contributed by atoms with Gasteiger partial charge in [0, 0.05) is 5.56 Å². The number of H-pyrrole nitrogens is 1. The summed E-state index contributed by atoms with van der Waals surface area (Å²) < 4.78 is 26.8. The summed E-state index contributed by atoms with van der Waals surface area (Å²) in [6.45, 7) is 1.78. The predicted molar refractivity (Wildman–Crippen MR) is 65.4 cm³/mol. The van der Waals surface area contributed by atoms with Gasteiger partial charge in [0.05, 0.1) is 18.6 Å². The Morgan fingerprint density at radius 3 is 2.89 bits per heavy atom. The lowest BCUT2D eigenvalue weighted by molar-refractivity contribution is 0.0930. The highest BCUT2D eigenvalue weighted by atomic mass is 19.1. The third kappa shape index (κ3) is 2.96. The van der Waals surface area contributed by atoms with Gasteiger partial charge in [-0.1, -0.05) is 6.92 Å². The molecule has 2 aromatic rings. The molecule has 0 radical (unpaired) electrons. The summed E-state index contributed by atoms with van der Waals surface area (Å²) >= 11 is 0. The minimum atomic E-state index is -0.591. The molecule has 1 amide bonds. The molecule has 0 saturated carbocycles. The smallest absolute Gasteiger partial charge is 0.269 e. The van der Waals surface area contributed by atoms with E-state index in [0.717, 1.165) is 18.2 Å². The quantitative estimate of drug-likeness (QED) is 0.892. The predicted octanol–water partition coefficient (Wildman–Crippen LogP) is 2.57. The average Bonchev–Trinajstić information content (AvgIpc) is 2.93. The summed E-state index contributed by atoms with van der Waals surface area (Å²) in [6, 6.07) is 2.60. The van der Waals surface area contributed by atoms with E-state index in [1.807, 2.05) is 0 Å². The van der Waals surface area contributed by atoms with Crippen molar-refractivity contribution in [3.05, 3.63) is 53.6 Å². The molecule has 0 bridgehead atoms. The number of hydrogen-bond donors (Lipinski definition) is 2. The van der Waals surface area contributed by atoms with Crippen LogP contribution in [0.2, 0.25) is 0 Å². The lowest BCUT2D eigenvalue weighted by Crippen LogP contribution is -2.29. The fourth-order valence-electron chi connectivity index (χ4n) is 1.80. The molecular weight excluding hydrogens is 252 g/mol. The van der Waals surface area contributed by atoms with Crippen LogP contribution in [0.25, 0.3) is 0 Å². The van der Waals surface area contributed by atoms with Crippen LogP contribution >= 0.6 is 0 Å². The van der Waals surface area contributed by atoms with Crippen LogP contribution in [0.1, 0.15) is 35.4 Å². The minimum Gasteiger partial charge on any atom is -0.344 e. The van der Waals surface area contributed by atoms with Crippen molar-refractivity contribution in [3.8, 4) is 0 Å². The van der Waals surface area contributed by atoms with E-state index in [4.69, 9.17) is 0 Å². The third-order valence-corrected chi connectivity index (χ3v) is 2.79. The zero-order valence-electron chi connectivity index (χ0n) is 10.3. The molecule has 0 aliphatic rings. The summed E-state index contributed by atoms with van der Waals surface area (Å²) in [5.74, 6) is -1.49. The van der Waals surface area contributed by atoms with Gasteiger partial charge in [-0.15, -0.1) is 0 Å². The molecule has 0 aliphatic heterocycles. The van der Waals surface area contributed by atoms with Gasteiger partial charge in [0.1, 0.15) is 17.3 Å². The van der Waals surface area contributed by atoms with Gasteiger partial charge in [0.15, 0.2) is 0 Å². The van der Waals surface area contributed by atoms with Crippen molar-refractivity contribution < 1.29 is 13.6 Å². The van der Waals surface area contributed by atoms with E-state index >= 15 is 0 Å². The molecule has 19 heavy (non-hydrogen) atoms. The van der Waals surface area contributed by atoms with Crippen molar-refractivity contribution in [2.75, 3.05) is 0 Å². The van der Waals surface area contributed by atoms with Crippen molar-refractivity contribution >= 4 is 5.91 Å². The zero-order chi connectivity index (χ0) is 13.8. The molecule has 1 aromatic heterocycles. The van der Waals surface area contributed by atoms with Gasteiger partial charge >= 0.3 is 0 Å². The summed E-state index contributed by atoms with van der Waals surface area (Å²) in [5, 5.41) is 2.64. The largest absolute Gasteiger partial charge is 0.344 e. The fraction of sp³-hybridized carbons (Fsp3) is 0.231. The van der Waals surface area contributed by atoms with E-state index in [1.165, 1.54) is 12.5 Å². The van der Waals surface area contributed by atoms with Crippen molar-refractivity contribution in [2.45, 2.75) is 19.4 Å². The zero-order valence-corrected chi connectivity index (χ0v) is 10.3. The fourth-order valence-corrected chi connectivity index (χ4v) is 1.80. The Morgan fingerprint density at radius 1 is 1.47 bits per heavy atom. The molecule has 0 saturated heterocycles. The summed E-state index contributed by atoms with van der Waals surface area (Å²) in [5.41, 5.74) is 0.408. The first kappa shape index (κ1) is 13.2. The molecule has 0 unspecified atom stereocenters. The van der Waals surface area contributed by atoms with Gasteiger partial charge in [0.25, 0.3) is 5.91 Å². The van der Waals surface area contributed by atoms with E-state index < -0.39 is 23.6 Å². The molecule has 1 heterocycles. The van der Waals surface area contributed by atoms with Gasteiger partial charge in [-0.2, -0.15) is 0 Å². The first-order chi connectivity index (χ1) is 9.11. The van der Waals surface area contributed by atoms with Gasteiger partial charge in [0.2, 0.25) is 0 Å². The molecule has 2 rings (SSSR count). The number of benzene rings is 1. The SMILES string of the molecule is CC[C@H](NC(=O)c1cnc[nH]1)c1cc(F)ccc1F. The van der Waals surface area contributed by atoms with E-state index in [-0.39, 0.29) is 11.3 Å². The second-order valence-corrected chi connectivity index (χ2v) is 4.07. The van der Waals surface area contributed by atoms with Crippen LogP contribution in [0.15, 0.2) is 30.7 Å². The van der Waals surface area contributed by atoms with Crippen molar-refractivity contribution in [2.24, 2.45) is 0 Å².